The molecular weight excluding hydrogens is 354 g/mol. The van der Waals surface area contributed by atoms with E-state index in [-0.39, 0.29) is 17.9 Å². The third kappa shape index (κ3) is 3.96. The van der Waals surface area contributed by atoms with Gasteiger partial charge < -0.3 is 9.64 Å². The second kappa shape index (κ2) is 8.59. The molecule has 6 nitrogen and oxygen atoms in total. The van der Waals surface area contributed by atoms with Crippen LogP contribution in [0.1, 0.15) is 72.9 Å². The lowest BCUT2D eigenvalue weighted by molar-refractivity contribution is 0.0524. The van der Waals surface area contributed by atoms with E-state index in [0.29, 0.717) is 29.5 Å². The van der Waals surface area contributed by atoms with Crippen molar-refractivity contribution in [2.75, 3.05) is 6.61 Å². The number of ether oxygens (including phenoxy) is 1. The van der Waals surface area contributed by atoms with Gasteiger partial charge in [-0.05, 0) is 64.8 Å². The number of hydrogen-bond acceptors (Lipinski definition) is 4. The molecule has 0 radical (unpaired) electrons. The van der Waals surface area contributed by atoms with Gasteiger partial charge in [0, 0.05) is 17.6 Å². The van der Waals surface area contributed by atoms with Crippen molar-refractivity contribution in [1.29, 1.82) is 0 Å². The molecule has 1 amide bonds. The van der Waals surface area contributed by atoms with Crippen molar-refractivity contribution in [3.05, 3.63) is 47.3 Å². The highest BCUT2D eigenvalue weighted by atomic mass is 16.5. The van der Waals surface area contributed by atoms with Gasteiger partial charge >= 0.3 is 5.97 Å². The molecule has 1 aliphatic rings. The molecule has 1 aromatic heterocycles. The molecule has 0 aliphatic heterocycles. The molecule has 1 fully saturated rings. The van der Waals surface area contributed by atoms with Crippen LogP contribution in [0, 0.1) is 6.92 Å². The van der Waals surface area contributed by atoms with Gasteiger partial charge in [-0.15, -0.1) is 0 Å². The van der Waals surface area contributed by atoms with Crippen LogP contribution in [0.15, 0.2) is 30.5 Å². The van der Waals surface area contributed by atoms with Crippen LogP contribution < -0.4 is 0 Å². The zero-order valence-corrected chi connectivity index (χ0v) is 17.1. The van der Waals surface area contributed by atoms with Crippen molar-refractivity contribution in [2.45, 2.75) is 65.5 Å². The molecule has 1 aromatic carbocycles. The molecule has 0 atom stereocenters. The Labute approximate surface area is 166 Å². The molecule has 0 saturated heterocycles. The molecular formula is C22H29N3O3. The highest BCUT2D eigenvalue weighted by molar-refractivity contribution is 5.95. The summed E-state index contributed by atoms with van der Waals surface area (Å²) >= 11 is 0. The lowest BCUT2D eigenvalue weighted by atomic mass is 10.1. The van der Waals surface area contributed by atoms with Gasteiger partial charge in [0.15, 0.2) is 0 Å². The summed E-state index contributed by atoms with van der Waals surface area (Å²) in [6, 6.07) is 7.94. The standard InChI is InChI=1S/C22H29N3O3/c1-5-28-22(27)20-14-23-25(16(20)4)19-12-10-17(11-13-19)21(26)24(15(2)3)18-8-6-7-9-18/h10-15,18H,5-9H2,1-4H3. The minimum atomic E-state index is -0.373. The highest BCUT2D eigenvalue weighted by Gasteiger charge is 2.29. The van der Waals surface area contributed by atoms with E-state index in [9.17, 15) is 9.59 Å². The molecule has 0 N–H and O–H groups in total. The van der Waals surface area contributed by atoms with Crippen molar-refractivity contribution in [1.82, 2.24) is 14.7 Å². The molecule has 6 heteroatoms. The Bertz CT molecular complexity index is 833. The minimum absolute atomic E-state index is 0.0813. The lowest BCUT2D eigenvalue weighted by Gasteiger charge is -2.33. The quantitative estimate of drug-likeness (QED) is 0.703. The number of carbonyl (C=O) groups is 2. The van der Waals surface area contributed by atoms with E-state index < -0.39 is 0 Å². The first kappa shape index (κ1) is 20.1. The fraction of sp³-hybridized carbons (Fsp3) is 0.500. The summed E-state index contributed by atoms with van der Waals surface area (Å²) in [6.45, 7) is 8.09. The Morgan fingerprint density at radius 2 is 1.86 bits per heavy atom. The SMILES string of the molecule is CCOC(=O)c1cnn(-c2ccc(C(=O)N(C(C)C)C3CCCC3)cc2)c1C. The summed E-state index contributed by atoms with van der Waals surface area (Å²) in [7, 11) is 0. The first-order valence-corrected chi connectivity index (χ1v) is 10.1. The Morgan fingerprint density at radius 3 is 2.43 bits per heavy atom. The summed E-state index contributed by atoms with van der Waals surface area (Å²) in [5, 5.41) is 4.31. The molecule has 150 valence electrons. The number of benzene rings is 1. The van der Waals surface area contributed by atoms with Crippen molar-refractivity contribution in [3.8, 4) is 5.69 Å². The summed E-state index contributed by atoms with van der Waals surface area (Å²) in [6.07, 6.45) is 6.09. The van der Waals surface area contributed by atoms with Crippen LogP contribution in [0.5, 0.6) is 0 Å². The van der Waals surface area contributed by atoms with Crippen molar-refractivity contribution in [2.24, 2.45) is 0 Å². The topological polar surface area (TPSA) is 64.4 Å². The summed E-state index contributed by atoms with van der Waals surface area (Å²) in [5.74, 6) is -0.292. The largest absolute Gasteiger partial charge is 0.462 e. The summed E-state index contributed by atoms with van der Waals surface area (Å²) < 4.78 is 6.76. The molecule has 1 heterocycles. The number of rotatable bonds is 6. The van der Waals surface area contributed by atoms with Crippen LogP contribution >= 0.6 is 0 Å². The second-order valence-corrected chi connectivity index (χ2v) is 7.57. The van der Waals surface area contributed by atoms with Crippen LogP contribution in [-0.4, -0.2) is 45.2 Å². The molecule has 0 spiro atoms. The zero-order valence-electron chi connectivity index (χ0n) is 17.1. The van der Waals surface area contributed by atoms with Gasteiger partial charge in [0.2, 0.25) is 0 Å². The number of amides is 1. The van der Waals surface area contributed by atoms with Crippen LogP contribution in [-0.2, 0) is 4.74 Å². The Morgan fingerprint density at radius 1 is 1.21 bits per heavy atom. The van der Waals surface area contributed by atoms with E-state index in [0.717, 1.165) is 18.5 Å². The second-order valence-electron chi connectivity index (χ2n) is 7.57. The Kier molecular flexibility index (Phi) is 6.17. The Hall–Kier alpha value is -2.63. The molecule has 0 unspecified atom stereocenters. The first-order chi connectivity index (χ1) is 13.4. The van der Waals surface area contributed by atoms with E-state index >= 15 is 0 Å². The summed E-state index contributed by atoms with van der Waals surface area (Å²) in [4.78, 5) is 27.1. The highest BCUT2D eigenvalue weighted by Crippen LogP contribution is 2.27. The lowest BCUT2D eigenvalue weighted by Crippen LogP contribution is -2.43. The van der Waals surface area contributed by atoms with Crippen LogP contribution in [0.25, 0.3) is 5.69 Å². The third-order valence-electron chi connectivity index (χ3n) is 5.37. The van der Waals surface area contributed by atoms with Crippen LogP contribution in [0.4, 0.5) is 0 Å². The van der Waals surface area contributed by atoms with E-state index in [2.05, 4.69) is 18.9 Å². The van der Waals surface area contributed by atoms with Gasteiger partial charge in [-0.25, -0.2) is 9.48 Å². The molecule has 0 bridgehead atoms. The van der Waals surface area contributed by atoms with Crippen LogP contribution in [0.3, 0.4) is 0 Å². The fourth-order valence-corrected chi connectivity index (χ4v) is 3.98. The average molecular weight is 383 g/mol. The van der Waals surface area contributed by atoms with Gasteiger partial charge in [-0.2, -0.15) is 5.10 Å². The maximum Gasteiger partial charge on any atom is 0.341 e. The van der Waals surface area contributed by atoms with E-state index in [1.54, 1.807) is 11.6 Å². The number of esters is 1. The van der Waals surface area contributed by atoms with Crippen molar-refractivity contribution < 1.29 is 14.3 Å². The van der Waals surface area contributed by atoms with Crippen molar-refractivity contribution in [3.63, 3.8) is 0 Å². The van der Waals surface area contributed by atoms with Gasteiger partial charge in [-0.3, -0.25) is 4.79 Å². The van der Waals surface area contributed by atoms with E-state index in [1.165, 1.54) is 19.0 Å². The smallest absolute Gasteiger partial charge is 0.341 e. The predicted octanol–water partition coefficient (Wildman–Crippen LogP) is 4.15. The fourth-order valence-electron chi connectivity index (χ4n) is 3.98. The first-order valence-electron chi connectivity index (χ1n) is 10.1. The van der Waals surface area contributed by atoms with E-state index in [1.807, 2.05) is 36.1 Å². The van der Waals surface area contributed by atoms with Gasteiger partial charge in [0.1, 0.15) is 5.56 Å². The maximum absolute atomic E-state index is 13.1. The molecule has 1 saturated carbocycles. The number of hydrogen-bond donors (Lipinski definition) is 0. The zero-order chi connectivity index (χ0) is 20.3. The number of carbonyl (C=O) groups excluding carboxylic acids is 2. The van der Waals surface area contributed by atoms with Crippen molar-refractivity contribution >= 4 is 11.9 Å². The van der Waals surface area contributed by atoms with Crippen LogP contribution in [0.2, 0.25) is 0 Å². The van der Waals surface area contributed by atoms with E-state index in [4.69, 9.17) is 4.74 Å². The van der Waals surface area contributed by atoms with Gasteiger partial charge in [0.05, 0.1) is 24.2 Å². The number of aromatic nitrogens is 2. The molecule has 28 heavy (non-hydrogen) atoms. The maximum atomic E-state index is 13.1. The third-order valence-corrected chi connectivity index (χ3v) is 5.37. The summed E-state index contributed by atoms with van der Waals surface area (Å²) in [5.41, 5.74) is 2.66. The monoisotopic (exact) mass is 383 g/mol. The Balaban J connectivity index is 1.81. The normalized spacial score (nSPS) is 14.5. The predicted molar refractivity (Wildman–Crippen MR) is 108 cm³/mol. The molecule has 2 aromatic rings. The number of nitrogens with zero attached hydrogens (tertiary/aromatic N) is 3. The molecule has 3 rings (SSSR count). The molecule has 1 aliphatic carbocycles. The van der Waals surface area contributed by atoms with Gasteiger partial charge in [-0.1, -0.05) is 12.8 Å². The van der Waals surface area contributed by atoms with Gasteiger partial charge in [0.25, 0.3) is 5.91 Å². The average Bonchev–Trinajstić information content (AvgIpc) is 3.32. The minimum Gasteiger partial charge on any atom is -0.462 e.